The molecule has 1 unspecified atom stereocenters. The number of anilines is 1. The predicted octanol–water partition coefficient (Wildman–Crippen LogP) is 3.37. The highest BCUT2D eigenvalue weighted by Crippen LogP contribution is 2.33. The summed E-state index contributed by atoms with van der Waals surface area (Å²) in [4.78, 5) is 0. The Morgan fingerprint density at radius 1 is 1.05 bits per heavy atom. The zero-order chi connectivity index (χ0) is 12.7. The van der Waals surface area contributed by atoms with Crippen LogP contribution in [0, 0.1) is 0 Å². The van der Waals surface area contributed by atoms with E-state index in [2.05, 4.69) is 47.8 Å². The summed E-state index contributed by atoms with van der Waals surface area (Å²) in [6.45, 7) is 1.86. The molecule has 4 rings (SSSR count). The van der Waals surface area contributed by atoms with E-state index in [1.807, 2.05) is 0 Å². The number of hydrogen-bond acceptors (Lipinski definition) is 2. The molecule has 0 radical (unpaired) electrons. The van der Waals surface area contributed by atoms with Gasteiger partial charge in [0.15, 0.2) is 0 Å². The monoisotopic (exact) mass is 251 g/mol. The molecule has 0 spiro atoms. The molecular weight excluding hydrogens is 234 g/mol. The minimum absolute atomic E-state index is 0.570. The van der Waals surface area contributed by atoms with Crippen molar-refractivity contribution in [3.8, 4) is 5.75 Å². The first kappa shape index (κ1) is 10.9. The second-order valence-corrected chi connectivity index (χ2v) is 5.40. The fourth-order valence-electron chi connectivity index (χ4n) is 3.14. The quantitative estimate of drug-likeness (QED) is 0.839. The molecule has 0 amide bonds. The largest absolute Gasteiger partial charge is 0.493 e. The van der Waals surface area contributed by atoms with Crippen molar-refractivity contribution in [1.82, 2.24) is 0 Å². The number of nitrogens with one attached hydrogen (secondary N) is 1. The average Bonchev–Trinajstić information content (AvgIpc) is 2.94. The first-order chi connectivity index (χ1) is 9.40. The summed E-state index contributed by atoms with van der Waals surface area (Å²) in [6, 6.07) is 15.3. The van der Waals surface area contributed by atoms with Gasteiger partial charge in [0, 0.05) is 24.6 Å². The third-order valence-corrected chi connectivity index (χ3v) is 4.21. The first-order valence-electron chi connectivity index (χ1n) is 6.97. The highest BCUT2D eigenvalue weighted by molar-refractivity contribution is 5.55. The summed E-state index contributed by atoms with van der Waals surface area (Å²) in [6.07, 6.45) is 2.18. The molecular formula is C17H17NO. The Hall–Kier alpha value is -1.96. The molecule has 96 valence electrons. The highest BCUT2D eigenvalue weighted by atomic mass is 16.5. The molecule has 19 heavy (non-hydrogen) atoms. The first-order valence-corrected chi connectivity index (χ1v) is 6.97. The van der Waals surface area contributed by atoms with E-state index < -0.39 is 0 Å². The van der Waals surface area contributed by atoms with Crippen LogP contribution in [0.1, 0.15) is 22.6 Å². The highest BCUT2D eigenvalue weighted by Gasteiger charge is 2.21. The van der Waals surface area contributed by atoms with Gasteiger partial charge in [-0.3, -0.25) is 0 Å². The van der Waals surface area contributed by atoms with E-state index in [0.717, 1.165) is 31.7 Å². The third-order valence-electron chi connectivity index (χ3n) is 4.21. The second-order valence-electron chi connectivity index (χ2n) is 5.40. The van der Waals surface area contributed by atoms with Crippen LogP contribution in [0.3, 0.4) is 0 Å². The summed E-state index contributed by atoms with van der Waals surface area (Å²) >= 11 is 0. The summed E-state index contributed by atoms with van der Waals surface area (Å²) < 4.78 is 5.58. The van der Waals surface area contributed by atoms with Gasteiger partial charge >= 0.3 is 0 Å². The van der Waals surface area contributed by atoms with Crippen LogP contribution >= 0.6 is 0 Å². The lowest BCUT2D eigenvalue weighted by molar-refractivity contribution is 0.357. The van der Waals surface area contributed by atoms with Crippen molar-refractivity contribution >= 4 is 5.69 Å². The van der Waals surface area contributed by atoms with Crippen molar-refractivity contribution in [2.45, 2.75) is 18.8 Å². The molecule has 2 aromatic rings. The van der Waals surface area contributed by atoms with Crippen molar-refractivity contribution in [3.05, 3.63) is 59.2 Å². The van der Waals surface area contributed by atoms with E-state index >= 15 is 0 Å². The molecule has 1 N–H and O–H groups in total. The molecule has 0 bridgehead atoms. The van der Waals surface area contributed by atoms with Gasteiger partial charge < -0.3 is 10.1 Å². The van der Waals surface area contributed by atoms with Crippen LogP contribution < -0.4 is 10.1 Å². The molecule has 0 saturated heterocycles. The van der Waals surface area contributed by atoms with Crippen LogP contribution in [0.25, 0.3) is 0 Å². The molecule has 0 aliphatic carbocycles. The number of para-hydroxylation sites is 1. The second kappa shape index (κ2) is 4.30. The summed E-state index contributed by atoms with van der Waals surface area (Å²) in [5.41, 5.74) is 5.53. The van der Waals surface area contributed by atoms with Gasteiger partial charge in [0.05, 0.1) is 6.61 Å². The summed E-state index contributed by atoms with van der Waals surface area (Å²) in [5.74, 6) is 1.65. The van der Waals surface area contributed by atoms with E-state index in [9.17, 15) is 0 Å². The maximum absolute atomic E-state index is 5.58. The molecule has 2 aliphatic heterocycles. The molecule has 2 aliphatic rings. The number of benzene rings is 2. The number of hydrogen-bond donors (Lipinski definition) is 1. The van der Waals surface area contributed by atoms with Gasteiger partial charge in [0.1, 0.15) is 5.75 Å². The summed E-state index contributed by atoms with van der Waals surface area (Å²) in [7, 11) is 0. The van der Waals surface area contributed by atoms with Crippen LogP contribution in [-0.2, 0) is 12.8 Å². The standard InChI is InChI=1S/C17H17NO/c1-2-4-16-13(3-1)10-15(11-18-16)12-5-6-17-14(9-12)7-8-19-17/h1-6,9,15,18H,7-8,10-11H2. The number of fused-ring (bicyclic) bond motifs is 2. The Morgan fingerprint density at radius 3 is 3.00 bits per heavy atom. The van der Waals surface area contributed by atoms with E-state index in [1.165, 1.54) is 22.4 Å². The van der Waals surface area contributed by atoms with Crippen LogP contribution in [0.4, 0.5) is 5.69 Å². The lowest BCUT2D eigenvalue weighted by Crippen LogP contribution is -2.21. The van der Waals surface area contributed by atoms with Gasteiger partial charge in [-0.25, -0.2) is 0 Å². The minimum atomic E-state index is 0.570. The maximum Gasteiger partial charge on any atom is 0.122 e. The molecule has 1 atom stereocenters. The zero-order valence-corrected chi connectivity index (χ0v) is 10.9. The lowest BCUT2D eigenvalue weighted by atomic mass is 9.87. The van der Waals surface area contributed by atoms with Gasteiger partial charge in [-0.05, 0) is 35.2 Å². The smallest absolute Gasteiger partial charge is 0.122 e. The van der Waals surface area contributed by atoms with Gasteiger partial charge in [-0.2, -0.15) is 0 Å². The van der Waals surface area contributed by atoms with E-state index in [0.29, 0.717) is 5.92 Å². The minimum Gasteiger partial charge on any atom is -0.493 e. The number of ether oxygens (including phenoxy) is 1. The Bertz CT molecular complexity index is 620. The molecule has 0 fully saturated rings. The topological polar surface area (TPSA) is 21.3 Å². The van der Waals surface area contributed by atoms with E-state index in [4.69, 9.17) is 4.74 Å². The maximum atomic E-state index is 5.58. The Balaban J connectivity index is 1.64. The van der Waals surface area contributed by atoms with Crippen LogP contribution in [-0.4, -0.2) is 13.2 Å². The van der Waals surface area contributed by atoms with Gasteiger partial charge in [0.25, 0.3) is 0 Å². The molecule has 2 heterocycles. The molecule has 2 heteroatoms. The molecule has 2 nitrogen and oxygen atoms in total. The molecule has 2 aromatic carbocycles. The Morgan fingerprint density at radius 2 is 2.00 bits per heavy atom. The van der Waals surface area contributed by atoms with Crippen molar-refractivity contribution < 1.29 is 4.74 Å². The number of rotatable bonds is 1. The van der Waals surface area contributed by atoms with Crippen molar-refractivity contribution in [3.63, 3.8) is 0 Å². The third kappa shape index (κ3) is 1.88. The zero-order valence-electron chi connectivity index (χ0n) is 10.9. The lowest BCUT2D eigenvalue weighted by Gasteiger charge is -2.26. The van der Waals surface area contributed by atoms with Gasteiger partial charge in [-0.15, -0.1) is 0 Å². The van der Waals surface area contributed by atoms with E-state index in [-0.39, 0.29) is 0 Å². The SMILES string of the molecule is c1ccc2c(c1)CC(c1ccc3c(c1)CCO3)CN2. The Labute approximate surface area is 113 Å². The fourth-order valence-corrected chi connectivity index (χ4v) is 3.14. The fraction of sp³-hybridized carbons (Fsp3) is 0.294. The van der Waals surface area contributed by atoms with Crippen LogP contribution in [0.2, 0.25) is 0 Å². The normalized spacial score (nSPS) is 20.1. The van der Waals surface area contributed by atoms with Gasteiger partial charge in [0.2, 0.25) is 0 Å². The van der Waals surface area contributed by atoms with Gasteiger partial charge in [-0.1, -0.05) is 30.3 Å². The van der Waals surface area contributed by atoms with Crippen molar-refractivity contribution in [2.75, 3.05) is 18.5 Å². The average molecular weight is 251 g/mol. The van der Waals surface area contributed by atoms with Crippen molar-refractivity contribution in [1.29, 1.82) is 0 Å². The predicted molar refractivity (Wildman–Crippen MR) is 77.0 cm³/mol. The van der Waals surface area contributed by atoms with Crippen molar-refractivity contribution in [2.24, 2.45) is 0 Å². The summed E-state index contributed by atoms with van der Waals surface area (Å²) in [5, 5.41) is 3.55. The molecule has 0 saturated carbocycles. The Kier molecular flexibility index (Phi) is 2.47. The van der Waals surface area contributed by atoms with Crippen LogP contribution in [0.15, 0.2) is 42.5 Å². The van der Waals surface area contributed by atoms with Crippen LogP contribution in [0.5, 0.6) is 5.75 Å². The molecule has 0 aromatic heterocycles. The van der Waals surface area contributed by atoms with E-state index in [1.54, 1.807) is 0 Å².